The summed E-state index contributed by atoms with van der Waals surface area (Å²) in [5, 5.41) is 6.25. The van der Waals surface area contributed by atoms with Gasteiger partial charge in [0.25, 0.3) is 0 Å². The molecular formula is C16H25N3O2. The molecule has 1 aromatic rings. The van der Waals surface area contributed by atoms with Crippen molar-refractivity contribution in [2.75, 3.05) is 24.2 Å². The highest BCUT2D eigenvalue weighted by Gasteiger charge is 2.16. The number of amides is 1. The molecule has 1 atom stereocenters. The van der Waals surface area contributed by atoms with Crippen LogP contribution < -0.4 is 21.1 Å². The highest BCUT2D eigenvalue weighted by molar-refractivity contribution is 5.94. The van der Waals surface area contributed by atoms with Gasteiger partial charge in [0.2, 0.25) is 5.91 Å². The molecule has 0 saturated carbocycles. The van der Waals surface area contributed by atoms with Crippen molar-refractivity contribution in [1.82, 2.24) is 5.32 Å². The minimum atomic E-state index is 0.00308. The summed E-state index contributed by atoms with van der Waals surface area (Å²) in [4.78, 5) is 12.1. The number of nitrogens with one attached hydrogen (secondary N) is 2. The first-order valence-corrected chi connectivity index (χ1v) is 7.74. The van der Waals surface area contributed by atoms with Gasteiger partial charge in [0.05, 0.1) is 18.0 Å². The molecule has 1 aliphatic rings. The summed E-state index contributed by atoms with van der Waals surface area (Å²) in [6, 6.07) is 5.67. The zero-order chi connectivity index (χ0) is 15.1. The van der Waals surface area contributed by atoms with Gasteiger partial charge >= 0.3 is 0 Å². The Labute approximate surface area is 126 Å². The second-order valence-electron chi connectivity index (χ2n) is 5.50. The van der Waals surface area contributed by atoms with Crippen LogP contribution in [-0.2, 0) is 4.79 Å². The predicted octanol–water partition coefficient (Wildman–Crippen LogP) is 2.53. The molecule has 5 heteroatoms. The molecule has 5 nitrogen and oxygen atoms in total. The first-order valence-electron chi connectivity index (χ1n) is 7.74. The SMILES string of the molecule is CCCOc1ccc(NC(=O)CC2CCCCN2)c(N)c1. The van der Waals surface area contributed by atoms with Crippen molar-refractivity contribution >= 4 is 17.3 Å². The predicted molar refractivity (Wildman–Crippen MR) is 85.5 cm³/mol. The first kappa shape index (κ1) is 15.6. The number of rotatable bonds is 6. The van der Waals surface area contributed by atoms with Crippen LogP contribution in [0.2, 0.25) is 0 Å². The molecule has 116 valence electrons. The average molecular weight is 291 g/mol. The lowest BCUT2D eigenvalue weighted by atomic mass is 10.0. The van der Waals surface area contributed by atoms with E-state index in [1.165, 1.54) is 12.8 Å². The minimum absolute atomic E-state index is 0.00308. The molecule has 1 aromatic carbocycles. The summed E-state index contributed by atoms with van der Waals surface area (Å²) < 4.78 is 5.51. The van der Waals surface area contributed by atoms with Gasteiger partial charge in [-0.05, 0) is 37.9 Å². The van der Waals surface area contributed by atoms with E-state index < -0.39 is 0 Å². The van der Waals surface area contributed by atoms with Crippen molar-refractivity contribution in [2.45, 2.75) is 45.1 Å². The normalized spacial score (nSPS) is 18.2. The number of carbonyl (C=O) groups excluding carboxylic acids is 1. The molecule has 21 heavy (non-hydrogen) atoms. The fourth-order valence-electron chi connectivity index (χ4n) is 2.49. The number of hydrogen-bond acceptors (Lipinski definition) is 4. The van der Waals surface area contributed by atoms with Crippen molar-refractivity contribution in [1.29, 1.82) is 0 Å². The van der Waals surface area contributed by atoms with Crippen molar-refractivity contribution in [3.8, 4) is 5.75 Å². The molecule has 0 spiro atoms. The zero-order valence-electron chi connectivity index (χ0n) is 12.7. The Morgan fingerprint density at radius 3 is 3.00 bits per heavy atom. The largest absolute Gasteiger partial charge is 0.494 e. The standard InChI is InChI=1S/C16H25N3O2/c1-2-9-21-13-6-7-15(14(17)11-13)19-16(20)10-12-5-3-4-8-18-12/h6-7,11-12,18H,2-5,8-10,17H2,1H3,(H,19,20). The highest BCUT2D eigenvalue weighted by Crippen LogP contribution is 2.25. The van der Waals surface area contributed by atoms with E-state index in [0.717, 1.165) is 25.1 Å². The summed E-state index contributed by atoms with van der Waals surface area (Å²) in [5.41, 5.74) is 7.15. The van der Waals surface area contributed by atoms with Crippen molar-refractivity contribution in [3.63, 3.8) is 0 Å². The van der Waals surface area contributed by atoms with E-state index >= 15 is 0 Å². The van der Waals surface area contributed by atoms with Gasteiger partial charge in [-0.25, -0.2) is 0 Å². The molecule has 0 bridgehead atoms. The van der Waals surface area contributed by atoms with Gasteiger partial charge in [0.15, 0.2) is 0 Å². The quantitative estimate of drug-likeness (QED) is 0.704. The minimum Gasteiger partial charge on any atom is -0.494 e. The number of nitrogen functional groups attached to an aromatic ring is 1. The van der Waals surface area contributed by atoms with Gasteiger partial charge < -0.3 is 21.1 Å². The van der Waals surface area contributed by atoms with E-state index in [2.05, 4.69) is 17.6 Å². The van der Waals surface area contributed by atoms with Gasteiger partial charge in [-0.3, -0.25) is 4.79 Å². The number of carbonyl (C=O) groups is 1. The van der Waals surface area contributed by atoms with Crippen LogP contribution in [0.15, 0.2) is 18.2 Å². The lowest BCUT2D eigenvalue weighted by molar-refractivity contribution is -0.116. The Balaban J connectivity index is 1.87. The van der Waals surface area contributed by atoms with Gasteiger partial charge in [0.1, 0.15) is 5.75 Å². The molecule has 1 fully saturated rings. The van der Waals surface area contributed by atoms with Crippen LogP contribution in [-0.4, -0.2) is 25.1 Å². The van der Waals surface area contributed by atoms with E-state index in [9.17, 15) is 4.79 Å². The molecule has 1 heterocycles. The summed E-state index contributed by atoms with van der Waals surface area (Å²) in [7, 11) is 0. The maximum absolute atomic E-state index is 12.1. The smallest absolute Gasteiger partial charge is 0.225 e. The van der Waals surface area contributed by atoms with Crippen LogP contribution in [0, 0.1) is 0 Å². The van der Waals surface area contributed by atoms with E-state index in [1.54, 1.807) is 12.1 Å². The second-order valence-corrected chi connectivity index (χ2v) is 5.50. The maximum atomic E-state index is 12.1. The molecule has 4 N–H and O–H groups in total. The maximum Gasteiger partial charge on any atom is 0.225 e. The first-order chi connectivity index (χ1) is 10.2. The second kappa shape index (κ2) is 7.88. The van der Waals surface area contributed by atoms with E-state index in [0.29, 0.717) is 24.4 Å². The van der Waals surface area contributed by atoms with Crippen LogP contribution in [0.3, 0.4) is 0 Å². The molecule has 2 rings (SSSR count). The van der Waals surface area contributed by atoms with Gasteiger partial charge in [-0.15, -0.1) is 0 Å². The Kier molecular flexibility index (Phi) is 5.87. The lowest BCUT2D eigenvalue weighted by Crippen LogP contribution is -2.37. The molecular weight excluding hydrogens is 266 g/mol. The average Bonchev–Trinajstić information content (AvgIpc) is 2.48. The van der Waals surface area contributed by atoms with E-state index in [4.69, 9.17) is 10.5 Å². The molecule has 1 aliphatic heterocycles. The van der Waals surface area contributed by atoms with E-state index in [-0.39, 0.29) is 11.9 Å². The number of ether oxygens (including phenoxy) is 1. The third-order valence-electron chi connectivity index (χ3n) is 3.61. The Morgan fingerprint density at radius 2 is 2.33 bits per heavy atom. The van der Waals surface area contributed by atoms with Crippen molar-refractivity contribution < 1.29 is 9.53 Å². The molecule has 0 aliphatic carbocycles. The van der Waals surface area contributed by atoms with Gasteiger partial charge in [-0.2, -0.15) is 0 Å². The summed E-state index contributed by atoms with van der Waals surface area (Å²) in [5.74, 6) is 0.740. The van der Waals surface area contributed by atoms with Crippen LogP contribution in [0.5, 0.6) is 5.75 Å². The molecule has 1 unspecified atom stereocenters. The van der Waals surface area contributed by atoms with E-state index in [1.807, 2.05) is 6.07 Å². The summed E-state index contributed by atoms with van der Waals surface area (Å²) in [6.07, 6.45) is 4.90. The molecule has 0 radical (unpaired) electrons. The Hall–Kier alpha value is -1.75. The number of nitrogens with two attached hydrogens (primary N) is 1. The summed E-state index contributed by atoms with van der Waals surface area (Å²) in [6.45, 7) is 3.72. The zero-order valence-corrected chi connectivity index (χ0v) is 12.7. The van der Waals surface area contributed by atoms with Crippen LogP contribution in [0.4, 0.5) is 11.4 Å². The fourth-order valence-corrected chi connectivity index (χ4v) is 2.49. The fraction of sp³-hybridized carbons (Fsp3) is 0.562. The van der Waals surface area contributed by atoms with Gasteiger partial charge in [-0.1, -0.05) is 13.3 Å². The highest BCUT2D eigenvalue weighted by atomic mass is 16.5. The molecule has 1 amide bonds. The number of anilines is 2. The lowest BCUT2D eigenvalue weighted by Gasteiger charge is -2.23. The topological polar surface area (TPSA) is 76.4 Å². The Bertz CT molecular complexity index is 471. The molecule has 1 saturated heterocycles. The van der Waals surface area contributed by atoms with Crippen molar-refractivity contribution in [3.05, 3.63) is 18.2 Å². The van der Waals surface area contributed by atoms with Crippen LogP contribution >= 0.6 is 0 Å². The van der Waals surface area contributed by atoms with Crippen LogP contribution in [0.1, 0.15) is 39.0 Å². The van der Waals surface area contributed by atoms with Gasteiger partial charge in [0, 0.05) is 18.5 Å². The number of hydrogen-bond donors (Lipinski definition) is 3. The monoisotopic (exact) mass is 291 g/mol. The third-order valence-corrected chi connectivity index (χ3v) is 3.61. The van der Waals surface area contributed by atoms with Crippen molar-refractivity contribution in [2.24, 2.45) is 0 Å². The van der Waals surface area contributed by atoms with Crippen LogP contribution in [0.25, 0.3) is 0 Å². The summed E-state index contributed by atoms with van der Waals surface area (Å²) >= 11 is 0. The molecule has 0 aromatic heterocycles. The Morgan fingerprint density at radius 1 is 1.48 bits per heavy atom. The number of piperidine rings is 1. The third kappa shape index (κ3) is 4.93. The number of benzene rings is 1.